The summed E-state index contributed by atoms with van der Waals surface area (Å²) in [5.41, 5.74) is 5.59. The molecule has 15 nitrogen and oxygen atoms in total. The normalized spacial score (nSPS) is 24.3. The number of hydrogen-bond acceptors (Lipinski definition) is 10. The number of alkyl halides is 3. The van der Waals surface area contributed by atoms with Gasteiger partial charge in [0.2, 0.25) is 5.91 Å². The van der Waals surface area contributed by atoms with Crippen molar-refractivity contribution in [2.75, 3.05) is 74.5 Å². The molecule has 5 amide bonds. The molecule has 10 rings (SSSR count). The summed E-state index contributed by atoms with van der Waals surface area (Å²) >= 11 is 6.39. The zero-order valence-corrected chi connectivity index (χ0v) is 35.6. The van der Waals surface area contributed by atoms with Gasteiger partial charge in [0.25, 0.3) is 17.7 Å². The van der Waals surface area contributed by atoms with Crippen LogP contribution in [0.2, 0.25) is 5.02 Å². The van der Waals surface area contributed by atoms with Crippen LogP contribution in [0.3, 0.4) is 0 Å². The third-order valence-electron chi connectivity index (χ3n) is 13.7. The van der Waals surface area contributed by atoms with Crippen LogP contribution in [0.5, 0.6) is 0 Å². The van der Waals surface area contributed by atoms with E-state index in [2.05, 4.69) is 38.0 Å². The Hall–Kier alpha value is -5.46. The van der Waals surface area contributed by atoms with Crippen LogP contribution in [0, 0.1) is 5.92 Å². The molecular formula is C44H49ClF3N11O4. The second-order valence-corrected chi connectivity index (χ2v) is 18.1. The Morgan fingerprint density at radius 2 is 1.73 bits per heavy atom. The lowest BCUT2D eigenvalue weighted by atomic mass is 9.85. The summed E-state index contributed by atoms with van der Waals surface area (Å²) in [5, 5.41) is 13.3. The van der Waals surface area contributed by atoms with Gasteiger partial charge in [0.05, 0.1) is 41.2 Å². The number of rotatable bonds is 10. The van der Waals surface area contributed by atoms with Gasteiger partial charge in [-0.3, -0.25) is 34.4 Å². The zero-order chi connectivity index (χ0) is 43.7. The summed E-state index contributed by atoms with van der Waals surface area (Å²) in [4.78, 5) is 64.1. The molecule has 1 aliphatic carbocycles. The monoisotopic (exact) mass is 887 g/mol. The topological polar surface area (TPSA) is 151 Å². The summed E-state index contributed by atoms with van der Waals surface area (Å²) in [6, 6.07) is 10.9. The van der Waals surface area contributed by atoms with Crippen LogP contribution in [-0.2, 0) is 17.6 Å². The van der Waals surface area contributed by atoms with E-state index in [4.69, 9.17) is 16.7 Å². The van der Waals surface area contributed by atoms with Crippen LogP contribution < -0.4 is 25.8 Å². The van der Waals surface area contributed by atoms with Crippen molar-refractivity contribution in [3.63, 3.8) is 0 Å². The Kier molecular flexibility index (Phi) is 10.7. The van der Waals surface area contributed by atoms with Crippen molar-refractivity contribution in [1.29, 1.82) is 0 Å². The van der Waals surface area contributed by atoms with E-state index in [9.17, 15) is 23.6 Å². The molecule has 0 bridgehead atoms. The van der Waals surface area contributed by atoms with Crippen LogP contribution in [0.25, 0.3) is 5.65 Å². The molecule has 1 saturated carbocycles. The van der Waals surface area contributed by atoms with Gasteiger partial charge >= 0.3 is 6.03 Å². The third-order valence-corrected chi connectivity index (χ3v) is 14.0. The number of likely N-dealkylation sites (tertiary alicyclic amines) is 3. The van der Waals surface area contributed by atoms with E-state index in [0.717, 1.165) is 18.5 Å². The summed E-state index contributed by atoms with van der Waals surface area (Å²) in [6.45, 7) is 3.18. The summed E-state index contributed by atoms with van der Waals surface area (Å²) < 4.78 is 47.0. The van der Waals surface area contributed by atoms with E-state index >= 15 is 8.78 Å². The fourth-order valence-electron chi connectivity index (χ4n) is 10.2. The Bertz CT molecular complexity index is 2490. The van der Waals surface area contributed by atoms with Crippen LogP contribution in [0.15, 0.2) is 48.7 Å². The number of carbonyl (C=O) groups excluding carboxylic acids is 4. The SMILES string of the molecule is CNc1cc(N2CCc3c(CC4CN(C5CCN(C6CCN(C(=O)c7ccc(Cl)c(N8CCC(=O)NC8=O)c7)CC6)CC5(F)F)C4)cccc32)nn2c(C(=O)NC3CC3F)cnc12. The number of imidazole rings is 1. The fraction of sp³-hybridized carbons (Fsp3) is 0.500. The van der Waals surface area contributed by atoms with Crippen molar-refractivity contribution in [1.82, 2.24) is 39.9 Å². The number of urea groups is 1. The largest absolute Gasteiger partial charge is 0.385 e. The van der Waals surface area contributed by atoms with Crippen LogP contribution in [0.1, 0.15) is 64.1 Å². The van der Waals surface area contributed by atoms with Gasteiger partial charge in [0.1, 0.15) is 6.17 Å². The third kappa shape index (κ3) is 7.83. The summed E-state index contributed by atoms with van der Waals surface area (Å²) in [5.74, 6) is -2.98. The number of carbonyl (C=O) groups is 4. The highest BCUT2D eigenvalue weighted by Gasteiger charge is 2.51. The molecule has 3 N–H and O–H groups in total. The maximum absolute atomic E-state index is 16.0. The van der Waals surface area contributed by atoms with E-state index in [-0.39, 0.29) is 54.0 Å². The smallest absolute Gasteiger partial charge is 0.328 e. The lowest BCUT2D eigenvalue weighted by Gasteiger charge is -2.52. The number of imide groups is 1. The molecule has 5 fully saturated rings. The molecule has 7 heterocycles. The van der Waals surface area contributed by atoms with Gasteiger partial charge in [-0.25, -0.2) is 27.5 Å². The highest BCUT2D eigenvalue weighted by Crippen LogP contribution is 2.41. The van der Waals surface area contributed by atoms with Crippen LogP contribution in [0.4, 0.5) is 40.8 Å². The molecule has 4 saturated heterocycles. The standard InChI is InChI=1S/C44H49ClF3N11O4/c1-49-33-20-38(53-59-36(21-50-40(33)59)41(61)51-32-19-31(32)46)57-15-9-29-26(3-2-4-34(29)57)17-25-22-56(23-25)37-10-14-55(24-44(37,47)48)28-7-12-54(13-8-28)42(62)27-5-6-30(45)35(18-27)58-16-11-39(60)52-43(58)63/h2-6,18,20-21,25,28,31-32,37,49H,7-17,19,22-24H2,1H3,(H,51,61)(H,52,60,63). The number of piperidine rings is 2. The second kappa shape index (κ2) is 16.3. The molecule has 4 aromatic rings. The zero-order valence-electron chi connectivity index (χ0n) is 34.8. The Morgan fingerprint density at radius 3 is 2.46 bits per heavy atom. The number of nitrogens with zero attached hydrogens (tertiary/aromatic N) is 8. The molecule has 0 spiro atoms. The minimum Gasteiger partial charge on any atom is -0.385 e. The molecule has 63 heavy (non-hydrogen) atoms. The second-order valence-electron chi connectivity index (χ2n) is 17.7. The minimum absolute atomic E-state index is 0.0542. The minimum atomic E-state index is -2.88. The summed E-state index contributed by atoms with van der Waals surface area (Å²) in [6.07, 6.45) is 3.99. The molecule has 6 aliphatic rings. The first-order valence-electron chi connectivity index (χ1n) is 21.8. The van der Waals surface area contributed by atoms with Crippen molar-refractivity contribution in [3.05, 3.63) is 76.1 Å². The van der Waals surface area contributed by atoms with E-state index in [1.807, 2.05) is 21.9 Å². The van der Waals surface area contributed by atoms with Crippen molar-refractivity contribution < 1.29 is 32.3 Å². The van der Waals surface area contributed by atoms with Gasteiger partial charge in [-0.2, -0.15) is 0 Å². The average molecular weight is 888 g/mol. The number of benzene rings is 2. The van der Waals surface area contributed by atoms with Crippen molar-refractivity contribution in [3.8, 4) is 0 Å². The number of nitrogens with one attached hydrogen (secondary N) is 3. The number of anilines is 4. The van der Waals surface area contributed by atoms with Gasteiger partial charge in [-0.15, -0.1) is 5.10 Å². The molecular weight excluding hydrogens is 839 g/mol. The number of aromatic nitrogens is 3. The van der Waals surface area contributed by atoms with E-state index in [1.54, 1.807) is 30.1 Å². The Balaban J connectivity index is 0.732. The quantitative estimate of drug-likeness (QED) is 0.201. The van der Waals surface area contributed by atoms with Crippen molar-refractivity contribution in [2.24, 2.45) is 5.92 Å². The maximum Gasteiger partial charge on any atom is 0.328 e. The molecule has 5 aliphatic heterocycles. The number of hydrogen-bond donors (Lipinski definition) is 3. The van der Waals surface area contributed by atoms with E-state index in [1.165, 1.54) is 26.7 Å². The highest BCUT2D eigenvalue weighted by molar-refractivity contribution is 6.34. The number of amides is 5. The first-order valence-corrected chi connectivity index (χ1v) is 22.2. The highest BCUT2D eigenvalue weighted by atomic mass is 35.5. The van der Waals surface area contributed by atoms with Crippen LogP contribution >= 0.6 is 11.6 Å². The van der Waals surface area contributed by atoms with E-state index in [0.29, 0.717) is 93.4 Å². The van der Waals surface area contributed by atoms with Gasteiger partial charge in [-0.1, -0.05) is 23.7 Å². The fourth-order valence-corrected chi connectivity index (χ4v) is 10.4. The Morgan fingerprint density at radius 1 is 0.952 bits per heavy atom. The molecule has 3 atom stereocenters. The molecule has 332 valence electrons. The summed E-state index contributed by atoms with van der Waals surface area (Å²) in [7, 11) is 1.78. The van der Waals surface area contributed by atoms with Crippen molar-refractivity contribution >= 4 is 63.9 Å². The van der Waals surface area contributed by atoms with Gasteiger partial charge in [0, 0.05) is 89.1 Å². The molecule has 2 aromatic heterocycles. The molecule has 3 unspecified atom stereocenters. The lowest BCUT2D eigenvalue weighted by Crippen LogP contribution is -2.65. The lowest BCUT2D eigenvalue weighted by molar-refractivity contribution is -0.156. The van der Waals surface area contributed by atoms with Gasteiger partial charge < -0.3 is 20.4 Å². The number of fused-ring (bicyclic) bond motifs is 2. The Labute approximate surface area is 366 Å². The van der Waals surface area contributed by atoms with Gasteiger partial charge in [0.15, 0.2) is 17.2 Å². The molecule has 2 aromatic carbocycles. The molecule has 19 heteroatoms. The van der Waals surface area contributed by atoms with E-state index < -0.39 is 36.1 Å². The number of halogens is 4. The maximum atomic E-state index is 16.0. The average Bonchev–Trinajstić information content (AvgIpc) is 3.57. The first kappa shape index (κ1) is 41.5. The van der Waals surface area contributed by atoms with Gasteiger partial charge in [-0.05, 0) is 73.4 Å². The molecule has 0 radical (unpaired) electrons. The first-order chi connectivity index (χ1) is 30.3. The predicted molar refractivity (Wildman–Crippen MR) is 230 cm³/mol. The predicted octanol–water partition coefficient (Wildman–Crippen LogP) is 4.89. The van der Waals surface area contributed by atoms with Crippen LogP contribution in [-0.4, -0.2) is 143 Å². The van der Waals surface area contributed by atoms with Crippen molar-refractivity contribution in [2.45, 2.75) is 75.2 Å².